The van der Waals surface area contributed by atoms with E-state index in [1.807, 2.05) is 32.0 Å². The molecule has 1 amide bonds. The minimum atomic E-state index is -0.741. The van der Waals surface area contributed by atoms with Crippen molar-refractivity contribution in [2.24, 2.45) is 4.99 Å². The maximum Gasteiger partial charge on any atom is 0.271 e. The van der Waals surface area contributed by atoms with Crippen molar-refractivity contribution in [3.63, 3.8) is 0 Å². The summed E-state index contributed by atoms with van der Waals surface area (Å²) in [6, 6.07) is 16.1. The average molecular weight is 573 g/mol. The Bertz CT molecular complexity index is 1860. The minimum Gasteiger partial charge on any atom is -0.496 e. The smallest absolute Gasteiger partial charge is 0.271 e. The minimum absolute atomic E-state index is 0.0458. The topological polar surface area (TPSA) is 120 Å². The van der Waals surface area contributed by atoms with Gasteiger partial charge in [0.15, 0.2) is 4.80 Å². The van der Waals surface area contributed by atoms with Crippen LogP contribution in [0.5, 0.6) is 5.75 Å². The van der Waals surface area contributed by atoms with Crippen molar-refractivity contribution in [2.75, 3.05) is 20.2 Å². The number of nitrogens with zero attached hydrogens (tertiary/aromatic N) is 4. The van der Waals surface area contributed by atoms with Crippen molar-refractivity contribution in [1.29, 1.82) is 0 Å². The summed E-state index contributed by atoms with van der Waals surface area (Å²) < 4.78 is 13.5. The maximum atomic E-state index is 14.0. The van der Waals surface area contributed by atoms with Gasteiger partial charge in [0.1, 0.15) is 23.3 Å². The Morgan fingerprint density at radius 2 is 1.93 bits per heavy atom. The lowest BCUT2D eigenvalue weighted by Crippen LogP contribution is -2.43. The number of carbonyl (C=O) groups is 1. The van der Waals surface area contributed by atoms with E-state index in [1.165, 1.54) is 23.5 Å². The van der Waals surface area contributed by atoms with E-state index in [2.05, 4.69) is 0 Å². The SMILES string of the molecule is CCN(CC)C(=O)C1=C(C)N=c2s/c(=C/c3ccc(-c4cccc([N+](=O)[O-])c4)o3)c(=O)n2[C@@H]1c1ccccc1OC. The van der Waals surface area contributed by atoms with Gasteiger partial charge in [0.2, 0.25) is 0 Å². The number of likely N-dealkylation sites (N-methyl/N-ethyl adjacent to an activating group) is 1. The van der Waals surface area contributed by atoms with Crippen molar-refractivity contribution in [2.45, 2.75) is 26.8 Å². The van der Waals surface area contributed by atoms with Crippen molar-refractivity contribution in [3.05, 3.63) is 113 Å². The third kappa shape index (κ3) is 5.11. The molecule has 0 saturated carbocycles. The van der Waals surface area contributed by atoms with Gasteiger partial charge < -0.3 is 14.1 Å². The third-order valence-corrected chi connectivity index (χ3v) is 7.96. The summed E-state index contributed by atoms with van der Waals surface area (Å²) in [5, 5.41) is 11.2. The number of para-hydroxylation sites is 1. The standard InChI is InChI=1S/C30H28N4O6S/c1-5-32(6-2)29(36)26-18(3)31-30-33(27(26)22-12-7-8-13-24(22)39-4)28(35)25(41-30)17-21-14-15-23(40-21)19-10-9-11-20(16-19)34(37)38/h7-17,27H,5-6H2,1-4H3/b25-17+/t27-/m1/s1. The average Bonchev–Trinajstić information content (AvgIpc) is 3.57. The maximum absolute atomic E-state index is 14.0. The first-order chi connectivity index (χ1) is 19.8. The molecule has 1 aliphatic heterocycles. The zero-order chi connectivity index (χ0) is 29.3. The molecule has 0 saturated heterocycles. The third-order valence-electron chi connectivity index (χ3n) is 6.98. The van der Waals surface area contributed by atoms with Crippen LogP contribution < -0.4 is 19.6 Å². The quantitative estimate of drug-likeness (QED) is 0.230. The van der Waals surface area contributed by atoms with Crippen LogP contribution in [0.25, 0.3) is 17.4 Å². The number of nitro benzene ring substituents is 1. The molecule has 0 aliphatic carbocycles. The number of benzene rings is 2. The number of non-ortho nitro benzene ring substituents is 1. The van der Waals surface area contributed by atoms with Gasteiger partial charge in [-0.1, -0.05) is 41.7 Å². The molecule has 4 aromatic rings. The zero-order valence-electron chi connectivity index (χ0n) is 23.0. The molecule has 0 bridgehead atoms. The molecule has 11 heteroatoms. The van der Waals surface area contributed by atoms with E-state index in [9.17, 15) is 19.7 Å². The first-order valence-corrected chi connectivity index (χ1v) is 13.9. The van der Waals surface area contributed by atoms with Crippen LogP contribution in [0.1, 0.15) is 38.1 Å². The number of rotatable bonds is 8. The molecule has 41 heavy (non-hydrogen) atoms. The van der Waals surface area contributed by atoms with Crippen LogP contribution in [-0.4, -0.2) is 40.5 Å². The number of methoxy groups -OCH3 is 1. The predicted octanol–water partition coefficient (Wildman–Crippen LogP) is 4.28. The molecule has 0 spiro atoms. The van der Waals surface area contributed by atoms with Gasteiger partial charge >= 0.3 is 0 Å². The molecule has 2 aromatic heterocycles. The highest BCUT2D eigenvalue weighted by molar-refractivity contribution is 7.07. The van der Waals surface area contributed by atoms with Gasteiger partial charge in [-0.3, -0.25) is 24.3 Å². The lowest BCUT2D eigenvalue weighted by Gasteiger charge is -2.29. The van der Waals surface area contributed by atoms with Crippen LogP contribution in [0.3, 0.4) is 0 Å². The van der Waals surface area contributed by atoms with Gasteiger partial charge in [-0.25, -0.2) is 4.99 Å². The van der Waals surface area contributed by atoms with Crippen molar-refractivity contribution < 1.29 is 18.9 Å². The Balaban J connectivity index is 1.65. The zero-order valence-corrected chi connectivity index (χ0v) is 23.8. The number of thiazole rings is 1. The van der Waals surface area contributed by atoms with E-state index in [0.29, 0.717) is 62.1 Å². The lowest BCUT2D eigenvalue weighted by atomic mass is 9.94. The molecule has 0 unspecified atom stereocenters. The summed E-state index contributed by atoms with van der Waals surface area (Å²) in [6.07, 6.45) is 1.62. The van der Waals surface area contributed by atoms with E-state index in [0.717, 1.165) is 0 Å². The van der Waals surface area contributed by atoms with Crippen molar-refractivity contribution in [1.82, 2.24) is 9.47 Å². The van der Waals surface area contributed by atoms with Crippen molar-refractivity contribution >= 4 is 29.0 Å². The molecule has 210 valence electrons. The van der Waals surface area contributed by atoms with E-state index in [4.69, 9.17) is 14.1 Å². The second kappa shape index (κ2) is 11.4. The highest BCUT2D eigenvalue weighted by Gasteiger charge is 2.35. The second-order valence-corrected chi connectivity index (χ2v) is 10.3. The predicted molar refractivity (Wildman–Crippen MR) is 155 cm³/mol. The van der Waals surface area contributed by atoms with Gasteiger partial charge in [-0.2, -0.15) is 0 Å². The summed E-state index contributed by atoms with van der Waals surface area (Å²) in [5.74, 6) is 1.21. The van der Waals surface area contributed by atoms with E-state index in [-0.39, 0.29) is 17.2 Å². The Morgan fingerprint density at radius 3 is 2.63 bits per heavy atom. The lowest BCUT2D eigenvalue weighted by molar-refractivity contribution is -0.384. The van der Waals surface area contributed by atoms with Gasteiger partial charge in [0.05, 0.1) is 27.8 Å². The fraction of sp³-hybridized carbons (Fsp3) is 0.233. The molecule has 10 nitrogen and oxygen atoms in total. The molecule has 3 heterocycles. The second-order valence-electron chi connectivity index (χ2n) is 9.31. The Morgan fingerprint density at radius 1 is 1.17 bits per heavy atom. The fourth-order valence-corrected chi connectivity index (χ4v) is 5.98. The molecule has 2 aromatic carbocycles. The fourth-order valence-electron chi connectivity index (χ4n) is 4.95. The monoisotopic (exact) mass is 572 g/mol. The number of aromatic nitrogens is 1. The Kier molecular flexibility index (Phi) is 7.71. The van der Waals surface area contributed by atoms with Crippen LogP contribution in [0, 0.1) is 10.1 Å². The first kappa shape index (κ1) is 27.8. The number of ether oxygens (including phenoxy) is 1. The first-order valence-electron chi connectivity index (χ1n) is 13.1. The molecule has 1 aliphatic rings. The van der Waals surface area contributed by atoms with Crippen LogP contribution in [0.4, 0.5) is 5.69 Å². The number of hydrogen-bond donors (Lipinski definition) is 0. The van der Waals surface area contributed by atoms with Crippen LogP contribution >= 0.6 is 11.3 Å². The van der Waals surface area contributed by atoms with Crippen LogP contribution in [0.2, 0.25) is 0 Å². The van der Waals surface area contributed by atoms with Gasteiger partial charge in [-0.15, -0.1) is 0 Å². The molecule has 5 rings (SSSR count). The summed E-state index contributed by atoms with van der Waals surface area (Å²) >= 11 is 1.20. The molecule has 0 radical (unpaired) electrons. The number of amides is 1. The van der Waals surface area contributed by atoms with E-state index < -0.39 is 11.0 Å². The Hall–Kier alpha value is -4.77. The number of hydrogen-bond acceptors (Lipinski definition) is 8. The van der Waals surface area contributed by atoms with Crippen LogP contribution in [-0.2, 0) is 4.79 Å². The van der Waals surface area contributed by atoms with Gasteiger partial charge in [-0.05, 0) is 39.0 Å². The Labute approximate surface area is 239 Å². The summed E-state index contributed by atoms with van der Waals surface area (Å²) in [6.45, 7) is 6.64. The molecule has 1 atom stereocenters. The summed E-state index contributed by atoms with van der Waals surface area (Å²) in [7, 11) is 1.56. The van der Waals surface area contributed by atoms with Crippen LogP contribution in [0.15, 0.2) is 86.1 Å². The summed E-state index contributed by atoms with van der Waals surface area (Å²) in [4.78, 5) is 45.3. The molecular weight excluding hydrogens is 544 g/mol. The number of nitro groups is 1. The molecule has 0 fully saturated rings. The number of carbonyl (C=O) groups excluding carboxylic acids is 1. The van der Waals surface area contributed by atoms with Gasteiger partial charge in [0.25, 0.3) is 17.2 Å². The number of furan rings is 1. The molecule has 0 N–H and O–H groups in total. The van der Waals surface area contributed by atoms with Gasteiger partial charge in [0, 0.05) is 42.4 Å². The highest BCUT2D eigenvalue weighted by Crippen LogP contribution is 2.36. The van der Waals surface area contributed by atoms with Crippen molar-refractivity contribution in [3.8, 4) is 17.1 Å². The summed E-state index contributed by atoms with van der Waals surface area (Å²) in [5.41, 5.74) is 1.82. The number of allylic oxidation sites excluding steroid dienone is 1. The molecular formula is C30H28N4O6S. The number of fused-ring (bicyclic) bond motifs is 1. The largest absolute Gasteiger partial charge is 0.496 e. The van der Waals surface area contributed by atoms with E-state index in [1.54, 1.807) is 59.9 Å². The normalized spacial score (nSPS) is 14.9. The highest BCUT2D eigenvalue weighted by atomic mass is 32.1. The van der Waals surface area contributed by atoms with E-state index >= 15 is 0 Å².